The van der Waals surface area contributed by atoms with Crippen LogP contribution in [0.5, 0.6) is 0 Å². The fourth-order valence-electron chi connectivity index (χ4n) is 2.63. The van der Waals surface area contributed by atoms with Crippen LogP contribution in [0.4, 0.5) is 4.79 Å². The molecule has 2 atom stereocenters. The van der Waals surface area contributed by atoms with Crippen molar-refractivity contribution in [3.8, 4) is 0 Å². The normalized spacial score (nSPS) is 28.1. The van der Waals surface area contributed by atoms with Gasteiger partial charge in [-0.05, 0) is 13.3 Å². The Morgan fingerprint density at radius 1 is 1.40 bits per heavy atom. The molecule has 114 valence electrons. The molecule has 2 aliphatic heterocycles. The summed E-state index contributed by atoms with van der Waals surface area (Å²) in [7, 11) is 0. The number of carbonyl (C=O) groups is 2. The molecule has 6 nitrogen and oxygen atoms in total. The van der Waals surface area contributed by atoms with Crippen molar-refractivity contribution in [3.05, 3.63) is 0 Å². The standard InChI is InChI=1S/C13H22N2O4S/c1-10-8-14(3-2-5-19-10)13(18)15-4-6-20-9-11(15)7-12(16)17/h10-11H,2-9H2,1H3,(H,16,17). The number of amides is 2. The zero-order valence-electron chi connectivity index (χ0n) is 11.8. The van der Waals surface area contributed by atoms with Crippen LogP contribution in [0.1, 0.15) is 19.8 Å². The zero-order chi connectivity index (χ0) is 14.5. The van der Waals surface area contributed by atoms with E-state index in [0.29, 0.717) is 32.0 Å². The van der Waals surface area contributed by atoms with Crippen molar-refractivity contribution in [1.82, 2.24) is 9.80 Å². The highest BCUT2D eigenvalue weighted by atomic mass is 32.2. The summed E-state index contributed by atoms with van der Waals surface area (Å²) < 4.78 is 5.55. The number of urea groups is 1. The lowest BCUT2D eigenvalue weighted by molar-refractivity contribution is -0.138. The van der Waals surface area contributed by atoms with Gasteiger partial charge in [0, 0.05) is 37.7 Å². The Kier molecular flexibility index (Phi) is 5.54. The molecule has 0 saturated carbocycles. The molecule has 20 heavy (non-hydrogen) atoms. The van der Waals surface area contributed by atoms with E-state index in [1.165, 1.54) is 0 Å². The van der Waals surface area contributed by atoms with Crippen LogP contribution < -0.4 is 0 Å². The van der Waals surface area contributed by atoms with E-state index in [2.05, 4.69) is 0 Å². The van der Waals surface area contributed by atoms with Crippen molar-refractivity contribution < 1.29 is 19.4 Å². The molecule has 0 aromatic carbocycles. The van der Waals surface area contributed by atoms with Crippen molar-refractivity contribution in [2.24, 2.45) is 0 Å². The van der Waals surface area contributed by atoms with Gasteiger partial charge in [0.1, 0.15) is 0 Å². The minimum Gasteiger partial charge on any atom is -0.481 e. The molecule has 7 heteroatoms. The van der Waals surface area contributed by atoms with Gasteiger partial charge in [-0.15, -0.1) is 0 Å². The topological polar surface area (TPSA) is 70.1 Å². The van der Waals surface area contributed by atoms with Gasteiger partial charge in [0.15, 0.2) is 0 Å². The Morgan fingerprint density at radius 2 is 2.20 bits per heavy atom. The first-order chi connectivity index (χ1) is 9.58. The lowest BCUT2D eigenvalue weighted by Gasteiger charge is -2.38. The van der Waals surface area contributed by atoms with Crippen LogP contribution in [-0.4, -0.2) is 76.8 Å². The Bertz CT molecular complexity index is 366. The van der Waals surface area contributed by atoms with E-state index >= 15 is 0 Å². The lowest BCUT2D eigenvalue weighted by atomic mass is 10.2. The van der Waals surface area contributed by atoms with Crippen LogP contribution >= 0.6 is 11.8 Å². The smallest absolute Gasteiger partial charge is 0.320 e. The molecule has 2 fully saturated rings. The summed E-state index contributed by atoms with van der Waals surface area (Å²) in [6.07, 6.45) is 0.902. The van der Waals surface area contributed by atoms with Crippen LogP contribution in [-0.2, 0) is 9.53 Å². The molecule has 0 aliphatic carbocycles. The van der Waals surface area contributed by atoms with Gasteiger partial charge in [-0.3, -0.25) is 4.79 Å². The molecule has 0 spiro atoms. The van der Waals surface area contributed by atoms with E-state index in [1.54, 1.807) is 16.7 Å². The van der Waals surface area contributed by atoms with Gasteiger partial charge in [0.05, 0.1) is 18.6 Å². The van der Waals surface area contributed by atoms with E-state index in [-0.39, 0.29) is 24.6 Å². The quantitative estimate of drug-likeness (QED) is 0.827. The fourth-order valence-corrected chi connectivity index (χ4v) is 3.69. The number of carbonyl (C=O) groups excluding carboxylic acids is 1. The van der Waals surface area contributed by atoms with Crippen molar-refractivity contribution >= 4 is 23.8 Å². The Hall–Kier alpha value is -0.950. The summed E-state index contributed by atoms with van der Waals surface area (Å²) in [5.74, 6) is 0.738. The average molecular weight is 302 g/mol. The maximum Gasteiger partial charge on any atom is 0.320 e. The molecule has 2 unspecified atom stereocenters. The number of nitrogens with zero attached hydrogens (tertiary/aromatic N) is 2. The molecule has 2 aliphatic rings. The first-order valence-electron chi connectivity index (χ1n) is 7.04. The monoisotopic (exact) mass is 302 g/mol. The molecule has 0 radical (unpaired) electrons. The van der Waals surface area contributed by atoms with Crippen molar-refractivity contribution in [2.75, 3.05) is 37.7 Å². The average Bonchev–Trinajstić information content (AvgIpc) is 2.62. The Labute approximate surface area is 123 Å². The first kappa shape index (κ1) is 15.4. The van der Waals surface area contributed by atoms with E-state index in [1.807, 2.05) is 11.8 Å². The molecule has 0 aromatic rings. The maximum absolute atomic E-state index is 12.6. The number of rotatable bonds is 2. The highest BCUT2D eigenvalue weighted by molar-refractivity contribution is 7.99. The summed E-state index contributed by atoms with van der Waals surface area (Å²) in [4.78, 5) is 27.1. The Balaban J connectivity index is 2.02. The molecule has 0 aromatic heterocycles. The lowest BCUT2D eigenvalue weighted by Crippen LogP contribution is -2.53. The molecule has 2 saturated heterocycles. The predicted molar refractivity (Wildman–Crippen MR) is 77.1 cm³/mol. The minimum absolute atomic E-state index is 0.0264. The third kappa shape index (κ3) is 4.02. The van der Waals surface area contributed by atoms with Crippen molar-refractivity contribution in [1.29, 1.82) is 0 Å². The van der Waals surface area contributed by atoms with Crippen molar-refractivity contribution in [2.45, 2.75) is 31.9 Å². The third-order valence-corrected chi connectivity index (χ3v) is 4.70. The SMILES string of the molecule is CC1CN(C(=O)N2CCSCC2CC(=O)O)CCCO1. The maximum atomic E-state index is 12.6. The molecule has 2 amide bonds. The summed E-state index contributed by atoms with van der Waals surface area (Å²) in [6.45, 7) is 4.55. The van der Waals surface area contributed by atoms with Crippen LogP contribution in [0.25, 0.3) is 0 Å². The molecule has 2 rings (SSSR count). The van der Waals surface area contributed by atoms with Gasteiger partial charge in [-0.1, -0.05) is 0 Å². The van der Waals surface area contributed by atoms with Crippen LogP contribution in [0.2, 0.25) is 0 Å². The molecular formula is C13H22N2O4S. The highest BCUT2D eigenvalue weighted by Gasteiger charge is 2.32. The molecule has 0 bridgehead atoms. The van der Waals surface area contributed by atoms with E-state index in [9.17, 15) is 9.59 Å². The van der Waals surface area contributed by atoms with Gasteiger partial charge in [-0.2, -0.15) is 11.8 Å². The summed E-state index contributed by atoms with van der Waals surface area (Å²) in [5, 5.41) is 8.98. The number of aliphatic carboxylic acids is 1. The van der Waals surface area contributed by atoms with Crippen LogP contribution in [0.3, 0.4) is 0 Å². The van der Waals surface area contributed by atoms with E-state index in [0.717, 1.165) is 12.2 Å². The van der Waals surface area contributed by atoms with Gasteiger partial charge < -0.3 is 19.6 Å². The van der Waals surface area contributed by atoms with E-state index < -0.39 is 5.97 Å². The fraction of sp³-hybridized carbons (Fsp3) is 0.846. The second-order valence-corrected chi connectivity index (χ2v) is 6.43. The third-order valence-electron chi connectivity index (χ3n) is 3.61. The second kappa shape index (κ2) is 7.17. The zero-order valence-corrected chi connectivity index (χ0v) is 12.6. The number of thioether (sulfide) groups is 1. The van der Waals surface area contributed by atoms with Crippen LogP contribution in [0, 0.1) is 0 Å². The van der Waals surface area contributed by atoms with E-state index in [4.69, 9.17) is 9.84 Å². The minimum atomic E-state index is -0.845. The number of carboxylic acids is 1. The van der Waals surface area contributed by atoms with Crippen molar-refractivity contribution in [3.63, 3.8) is 0 Å². The van der Waals surface area contributed by atoms with Crippen LogP contribution in [0.15, 0.2) is 0 Å². The second-order valence-electron chi connectivity index (χ2n) is 5.28. The summed E-state index contributed by atoms with van der Waals surface area (Å²) in [6, 6.07) is -0.230. The van der Waals surface area contributed by atoms with Gasteiger partial charge in [-0.25, -0.2) is 4.79 Å². The van der Waals surface area contributed by atoms with Gasteiger partial charge in [0.2, 0.25) is 0 Å². The largest absolute Gasteiger partial charge is 0.481 e. The number of hydrogen-bond acceptors (Lipinski definition) is 4. The Morgan fingerprint density at radius 3 is 2.95 bits per heavy atom. The predicted octanol–water partition coefficient (Wildman–Crippen LogP) is 1.11. The number of carboxylic acid groups (broad SMARTS) is 1. The first-order valence-corrected chi connectivity index (χ1v) is 8.20. The summed E-state index contributed by atoms with van der Waals surface area (Å²) in [5.41, 5.74) is 0. The number of ether oxygens (including phenoxy) is 1. The molecule has 2 heterocycles. The van der Waals surface area contributed by atoms with Gasteiger partial charge in [0.25, 0.3) is 0 Å². The highest BCUT2D eigenvalue weighted by Crippen LogP contribution is 2.21. The van der Waals surface area contributed by atoms with Gasteiger partial charge >= 0.3 is 12.0 Å². The molecule has 1 N–H and O–H groups in total. The summed E-state index contributed by atoms with van der Waals surface area (Å²) >= 11 is 1.72. The molecular weight excluding hydrogens is 280 g/mol. The number of hydrogen-bond donors (Lipinski definition) is 1.